The highest BCUT2D eigenvalue weighted by atomic mass is 32.2. The average Bonchev–Trinajstić information content (AvgIpc) is 3.27. The Morgan fingerprint density at radius 3 is 2.62 bits per heavy atom. The van der Waals surface area contributed by atoms with Gasteiger partial charge < -0.3 is 9.47 Å². The van der Waals surface area contributed by atoms with Crippen molar-refractivity contribution in [1.82, 2.24) is 0 Å². The predicted molar refractivity (Wildman–Crippen MR) is 78.9 cm³/mol. The van der Waals surface area contributed by atoms with Crippen molar-refractivity contribution < 1.29 is 22.1 Å². The molecule has 1 aliphatic heterocycles. The van der Waals surface area contributed by atoms with Crippen molar-refractivity contribution in [3.8, 4) is 5.75 Å². The van der Waals surface area contributed by atoms with Gasteiger partial charge in [-0.1, -0.05) is 30.3 Å². The molecule has 2 atom stereocenters. The molecule has 0 saturated carbocycles. The zero-order valence-electron chi connectivity index (χ0n) is 11.6. The third-order valence-corrected chi connectivity index (χ3v) is 3.79. The lowest BCUT2D eigenvalue weighted by molar-refractivity contribution is 0.104. The Hall–Kier alpha value is -1.63. The van der Waals surface area contributed by atoms with Gasteiger partial charge >= 0.3 is 0 Å². The Bertz CT molecular complexity index is 737. The molecule has 1 aliphatic rings. The first-order chi connectivity index (χ1) is 10.0. The fourth-order valence-corrected chi connectivity index (χ4v) is 2.47. The average molecular weight is 308 g/mol. The number of rotatable bonds is 6. The number of epoxide rings is 1. The first-order valence-electron chi connectivity index (χ1n) is 6.63. The van der Waals surface area contributed by atoms with Crippen LogP contribution in [0.2, 0.25) is 0 Å². The zero-order chi connectivity index (χ0) is 14.9. The molecule has 3 rings (SSSR count). The minimum Gasteiger partial charge on any atom is -0.485 e. The molecule has 0 aromatic heterocycles. The van der Waals surface area contributed by atoms with Crippen LogP contribution in [0, 0.1) is 0 Å². The molecule has 0 amide bonds. The van der Waals surface area contributed by atoms with E-state index in [9.17, 15) is 8.42 Å². The minimum atomic E-state index is -3.49. The lowest BCUT2D eigenvalue weighted by Gasteiger charge is -2.17. The Balaban J connectivity index is 1.74. The third-order valence-electron chi connectivity index (χ3n) is 3.23. The van der Waals surface area contributed by atoms with Crippen LogP contribution in [0.5, 0.6) is 5.75 Å². The molecule has 0 spiro atoms. The van der Waals surface area contributed by atoms with Gasteiger partial charge in [-0.15, -0.1) is 0 Å². The molecule has 6 heteroatoms. The van der Waals surface area contributed by atoms with Gasteiger partial charge in [0.05, 0.1) is 12.9 Å². The zero-order valence-corrected chi connectivity index (χ0v) is 12.4. The van der Waals surface area contributed by atoms with E-state index in [1.807, 2.05) is 42.5 Å². The predicted octanol–water partition coefficient (Wildman–Crippen LogP) is 1.96. The lowest BCUT2D eigenvalue weighted by atomic mass is 10.1. The van der Waals surface area contributed by atoms with E-state index in [2.05, 4.69) is 0 Å². The van der Waals surface area contributed by atoms with Crippen molar-refractivity contribution in [2.75, 3.05) is 19.5 Å². The molecule has 0 N–H and O–H groups in total. The molecule has 0 radical (unpaired) electrons. The SMILES string of the molecule is CS(=O)(=O)OCC(Oc1ccc2ccccc2c1)[C@@H]1CO1. The topological polar surface area (TPSA) is 65.1 Å². The highest BCUT2D eigenvalue weighted by Gasteiger charge is 2.35. The molecule has 0 bridgehead atoms. The molecular weight excluding hydrogens is 292 g/mol. The van der Waals surface area contributed by atoms with Gasteiger partial charge in [-0.25, -0.2) is 0 Å². The van der Waals surface area contributed by atoms with Crippen molar-refractivity contribution >= 4 is 20.9 Å². The Kier molecular flexibility index (Phi) is 3.84. The van der Waals surface area contributed by atoms with Crippen LogP contribution in [0.3, 0.4) is 0 Å². The van der Waals surface area contributed by atoms with Crippen LogP contribution in [-0.4, -0.2) is 40.1 Å². The van der Waals surface area contributed by atoms with Gasteiger partial charge in [0.25, 0.3) is 10.1 Å². The van der Waals surface area contributed by atoms with E-state index < -0.39 is 16.2 Å². The second-order valence-corrected chi connectivity index (χ2v) is 6.67. The van der Waals surface area contributed by atoms with E-state index in [0.29, 0.717) is 12.4 Å². The molecule has 2 aromatic rings. The van der Waals surface area contributed by atoms with Gasteiger partial charge in [0, 0.05) is 0 Å². The second kappa shape index (κ2) is 5.63. The first kappa shape index (κ1) is 14.3. The van der Waals surface area contributed by atoms with Crippen LogP contribution in [0.15, 0.2) is 42.5 Å². The first-order valence-corrected chi connectivity index (χ1v) is 8.44. The molecule has 21 heavy (non-hydrogen) atoms. The van der Waals surface area contributed by atoms with E-state index in [-0.39, 0.29) is 12.7 Å². The molecule has 2 aromatic carbocycles. The molecular formula is C15H16O5S. The normalized spacial score (nSPS) is 19.4. The maximum absolute atomic E-state index is 11.1. The summed E-state index contributed by atoms with van der Waals surface area (Å²) in [5.41, 5.74) is 0. The van der Waals surface area contributed by atoms with E-state index in [4.69, 9.17) is 13.7 Å². The van der Waals surface area contributed by atoms with Crippen molar-refractivity contribution in [2.24, 2.45) is 0 Å². The smallest absolute Gasteiger partial charge is 0.264 e. The second-order valence-electron chi connectivity index (χ2n) is 5.03. The summed E-state index contributed by atoms with van der Waals surface area (Å²) in [6.07, 6.45) is 0.479. The molecule has 1 fully saturated rings. The summed E-state index contributed by atoms with van der Waals surface area (Å²) < 4.78 is 38.0. The van der Waals surface area contributed by atoms with Crippen LogP contribution in [0.1, 0.15) is 0 Å². The van der Waals surface area contributed by atoms with E-state index in [0.717, 1.165) is 17.0 Å². The largest absolute Gasteiger partial charge is 0.485 e. The summed E-state index contributed by atoms with van der Waals surface area (Å²) in [5, 5.41) is 2.19. The molecule has 112 valence electrons. The summed E-state index contributed by atoms with van der Waals surface area (Å²) in [6.45, 7) is 0.516. The maximum atomic E-state index is 11.1. The fourth-order valence-electron chi connectivity index (χ4n) is 2.09. The quantitative estimate of drug-likeness (QED) is 0.603. The van der Waals surface area contributed by atoms with Gasteiger partial charge in [-0.05, 0) is 22.9 Å². The number of ether oxygens (including phenoxy) is 2. The minimum absolute atomic E-state index is 0.0453. The summed E-state index contributed by atoms with van der Waals surface area (Å²) >= 11 is 0. The van der Waals surface area contributed by atoms with Crippen LogP contribution < -0.4 is 4.74 Å². The van der Waals surface area contributed by atoms with Crippen molar-refractivity contribution in [1.29, 1.82) is 0 Å². The molecule has 1 saturated heterocycles. The maximum Gasteiger partial charge on any atom is 0.264 e. The van der Waals surface area contributed by atoms with E-state index in [1.165, 1.54) is 0 Å². The van der Waals surface area contributed by atoms with E-state index in [1.54, 1.807) is 0 Å². The van der Waals surface area contributed by atoms with Gasteiger partial charge in [0.2, 0.25) is 0 Å². The molecule has 5 nitrogen and oxygen atoms in total. The molecule has 1 heterocycles. The van der Waals surface area contributed by atoms with Crippen molar-refractivity contribution in [2.45, 2.75) is 12.2 Å². The number of benzene rings is 2. The highest BCUT2D eigenvalue weighted by Crippen LogP contribution is 2.25. The number of fused-ring (bicyclic) bond motifs is 1. The van der Waals surface area contributed by atoms with Gasteiger partial charge in [0.1, 0.15) is 18.5 Å². The Morgan fingerprint density at radius 1 is 1.24 bits per heavy atom. The highest BCUT2D eigenvalue weighted by molar-refractivity contribution is 7.85. The fraction of sp³-hybridized carbons (Fsp3) is 0.333. The Labute approximate surface area is 123 Å². The standard InChI is InChI=1S/C15H16O5S/c1-21(16,17)19-10-15(14-9-18-14)20-13-7-6-11-4-2-3-5-12(11)8-13/h2-8,14-15H,9-10H2,1H3/t14-,15?/m0/s1. The number of hydrogen-bond acceptors (Lipinski definition) is 5. The number of hydrogen-bond donors (Lipinski definition) is 0. The lowest BCUT2D eigenvalue weighted by Crippen LogP contribution is -2.30. The van der Waals surface area contributed by atoms with Gasteiger partial charge in [0.15, 0.2) is 6.10 Å². The summed E-state index contributed by atoms with van der Waals surface area (Å²) in [5.74, 6) is 0.673. The van der Waals surface area contributed by atoms with Crippen molar-refractivity contribution in [3.05, 3.63) is 42.5 Å². The van der Waals surface area contributed by atoms with Crippen molar-refractivity contribution in [3.63, 3.8) is 0 Å². The van der Waals surface area contributed by atoms with Crippen LogP contribution >= 0.6 is 0 Å². The Morgan fingerprint density at radius 2 is 1.95 bits per heavy atom. The summed E-state index contributed by atoms with van der Waals surface area (Å²) in [6, 6.07) is 13.7. The molecule has 1 unspecified atom stereocenters. The monoisotopic (exact) mass is 308 g/mol. The van der Waals surface area contributed by atoms with Crippen LogP contribution in [0.4, 0.5) is 0 Å². The van der Waals surface area contributed by atoms with Gasteiger partial charge in [-0.2, -0.15) is 8.42 Å². The third kappa shape index (κ3) is 3.93. The summed E-state index contributed by atoms with van der Waals surface area (Å²) in [4.78, 5) is 0. The van der Waals surface area contributed by atoms with Crippen LogP contribution in [0.25, 0.3) is 10.8 Å². The van der Waals surface area contributed by atoms with E-state index >= 15 is 0 Å². The summed E-state index contributed by atoms with van der Waals surface area (Å²) in [7, 11) is -3.49. The van der Waals surface area contributed by atoms with Crippen LogP contribution in [-0.2, 0) is 19.0 Å². The van der Waals surface area contributed by atoms with Gasteiger partial charge in [-0.3, -0.25) is 4.18 Å². The molecule has 0 aliphatic carbocycles.